The van der Waals surface area contributed by atoms with Gasteiger partial charge in [0.05, 0.1) is 6.61 Å². The third-order valence-corrected chi connectivity index (χ3v) is 2.69. The minimum atomic E-state index is 0.0831. The fourth-order valence-electron chi connectivity index (χ4n) is 1.77. The van der Waals surface area contributed by atoms with Gasteiger partial charge in [-0.15, -0.1) is 0 Å². The van der Waals surface area contributed by atoms with Crippen LogP contribution in [0.4, 0.5) is 5.69 Å². The molecule has 1 N–H and O–H groups in total. The Balaban J connectivity index is 2.36. The topological polar surface area (TPSA) is 38.3 Å². The largest absolute Gasteiger partial charge is 0.494 e. The molecule has 1 rings (SSSR count). The van der Waals surface area contributed by atoms with Gasteiger partial charge in [0, 0.05) is 18.2 Å². The number of amides is 1. The van der Waals surface area contributed by atoms with Crippen molar-refractivity contribution in [3.8, 4) is 5.75 Å². The van der Waals surface area contributed by atoms with Gasteiger partial charge in [-0.3, -0.25) is 4.79 Å². The van der Waals surface area contributed by atoms with Gasteiger partial charge in [-0.05, 0) is 25.5 Å². The first kappa shape index (κ1) is 14.6. The average molecular weight is 249 g/mol. The van der Waals surface area contributed by atoms with E-state index in [-0.39, 0.29) is 5.91 Å². The summed E-state index contributed by atoms with van der Waals surface area (Å²) in [5.41, 5.74) is 0.807. The van der Waals surface area contributed by atoms with Crippen LogP contribution in [0.15, 0.2) is 24.3 Å². The molecule has 1 aromatic carbocycles. The summed E-state index contributed by atoms with van der Waals surface area (Å²) in [5.74, 6) is 0.876. The Morgan fingerprint density at radius 1 is 1.22 bits per heavy atom. The molecule has 0 saturated heterocycles. The number of carbonyl (C=O) groups is 1. The highest BCUT2D eigenvalue weighted by molar-refractivity contribution is 5.90. The molecule has 100 valence electrons. The Kier molecular flexibility index (Phi) is 6.92. The summed E-state index contributed by atoms with van der Waals surface area (Å²) in [4.78, 5) is 11.7. The van der Waals surface area contributed by atoms with E-state index in [2.05, 4.69) is 12.2 Å². The van der Waals surface area contributed by atoms with E-state index in [1.807, 2.05) is 31.2 Å². The number of nitrogens with one attached hydrogen (secondary N) is 1. The summed E-state index contributed by atoms with van der Waals surface area (Å²) in [6.07, 6.45) is 5.08. The highest BCUT2D eigenvalue weighted by Gasteiger charge is 2.03. The zero-order valence-electron chi connectivity index (χ0n) is 11.4. The highest BCUT2D eigenvalue weighted by atomic mass is 16.5. The summed E-state index contributed by atoms with van der Waals surface area (Å²) in [5, 5.41) is 2.90. The van der Waals surface area contributed by atoms with Crippen LogP contribution in [0, 0.1) is 0 Å². The lowest BCUT2D eigenvalue weighted by Gasteiger charge is -2.07. The summed E-state index contributed by atoms with van der Waals surface area (Å²) in [6.45, 7) is 4.74. The van der Waals surface area contributed by atoms with Crippen LogP contribution in [0.25, 0.3) is 0 Å². The van der Waals surface area contributed by atoms with Crippen LogP contribution in [0.2, 0.25) is 0 Å². The van der Waals surface area contributed by atoms with Crippen LogP contribution in [0.3, 0.4) is 0 Å². The number of unbranched alkanes of at least 4 members (excludes halogenated alkanes) is 3. The molecule has 1 amide bonds. The van der Waals surface area contributed by atoms with Crippen molar-refractivity contribution < 1.29 is 9.53 Å². The molecule has 0 fully saturated rings. The van der Waals surface area contributed by atoms with Crippen LogP contribution in [-0.2, 0) is 4.79 Å². The summed E-state index contributed by atoms with van der Waals surface area (Å²) in [6, 6.07) is 7.51. The van der Waals surface area contributed by atoms with Gasteiger partial charge < -0.3 is 10.1 Å². The van der Waals surface area contributed by atoms with Crippen molar-refractivity contribution in [1.82, 2.24) is 0 Å². The Labute approximate surface area is 110 Å². The molecule has 0 spiro atoms. The molecule has 0 bridgehead atoms. The molecule has 0 atom stereocenters. The van der Waals surface area contributed by atoms with Gasteiger partial charge in [0.25, 0.3) is 0 Å². The summed E-state index contributed by atoms with van der Waals surface area (Å²) < 4.78 is 5.39. The maximum absolute atomic E-state index is 11.7. The summed E-state index contributed by atoms with van der Waals surface area (Å²) >= 11 is 0. The van der Waals surface area contributed by atoms with Crippen LogP contribution in [0.5, 0.6) is 5.75 Å². The minimum absolute atomic E-state index is 0.0831. The van der Waals surface area contributed by atoms with Gasteiger partial charge in [-0.25, -0.2) is 0 Å². The molecule has 1 aromatic rings. The lowest BCUT2D eigenvalue weighted by atomic mass is 10.1. The van der Waals surface area contributed by atoms with Gasteiger partial charge in [0.2, 0.25) is 5.91 Å². The van der Waals surface area contributed by atoms with Crippen molar-refractivity contribution in [2.24, 2.45) is 0 Å². The van der Waals surface area contributed by atoms with Crippen molar-refractivity contribution in [3.05, 3.63) is 24.3 Å². The number of hydrogen-bond acceptors (Lipinski definition) is 2. The number of anilines is 1. The molecular formula is C15H23NO2. The predicted octanol–water partition coefficient (Wildman–Crippen LogP) is 3.99. The predicted molar refractivity (Wildman–Crippen MR) is 75.0 cm³/mol. The molecule has 0 radical (unpaired) electrons. The van der Waals surface area contributed by atoms with E-state index >= 15 is 0 Å². The molecule has 0 saturated carbocycles. The molecular weight excluding hydrogens is 226 g/mol. The first-order valence-electron chi connectivity index (χ1n) is 6.79. The zero-order chi connectivity index (χ0) is 13.2. The van der Waals surface area contributed by atoms with Crippen molar-refractivity contribution in [2.45, 2.75) is 46.0 Å². The Bertz CT molecular complexity index is 363. The highest BCUT2D eigenvalue weighted by Crippen LogP contribution is 2.17. The quantitative estimate of drug-likeness (QED) is 0.707. The molecule has 0 aromatic heterocycles. The number of rotatable bonds is 8. The van der Waals surface area contributed by atoms with E-state index in [1.54, 1.807) is 0 Å². The molecule has 0 aliphatic heterocycles. The van der Waals surface area contributed by atoms with Gasteiger partial charge in [-0.1, -0.05) is 32.3 Å². The number of hydrogen-bond donors (Lipinski definition) is 1. The molecule has 0 heterocycles. The maximum Gasteiger partial charge on any atom is 0.224 e. The third kappa shape index (κ3) is 5.71. The van der Waals surface area contributed by atoms with E-state index in [9.17, 15) is 4.79 Å². The fraction of sp³-hybridized carbons (Fsp3) is 0.533. The van der Waals surface area contributed by atoms with E-state index in [4.69, 9.17) is 4.74 Å². The average Bonchev–Trinajstić information content (AvgIpc) is 2.35. The number of ether oxygens (including phenoxy) is 1. The standard InChI is InChI=1S/C15H23NO2/c1-3-5-6-7-11-15(17)16-13-9-8-10-14(12-13)18-4-2/h8-10,12H,3-7,11H2,1-2H3,(H,16,17). The van der Waals surface area contributed by atoms with Crippen molar-refractivity contribution in [1.29, 1.82) is 0 Å². The Morgan fingerprint density at radius 2 is 2.06 bits per heavy atom. The summed E-state index contributed by atoms with van der Waals surface area (Å²) in [7, 11) is 0. The molecule has 3 nitrogen and oxygen atoms in total. The maximum atomic E-state index is 11.7. The lowest BCUT2D eigenvalue weighted by molar-refractivity contribution is -0.116. The first-order valence-corrected chi connectivity index (χ1v) is 6.79. The van der Waals surface area contributed by atoms with Crippen LogP contribution in [-0.4, -0.2) is 12.5 Å². The van der Waals surface area contributed by atoms with Gasteiger partial charge in [0.1, 0.15) is 5.75 Å². The van der Waals surface area contributed by atoms with Gasteiger partial charge in [0.15, 0.2) is 0 Å². The monoisotopic (exact) mass is 249 g/mol. The molecule has 0 aliphatic rings. The first-order chi connectivity index (χ1) is 8.76. The van der Waals surface area contributed by atoms with Crippen molar-refractivity contribution >= 4 is 11.6 Å². The van der Waals surface area contributed by atoms with E-state index in [0.717, 1.165) is 24.3 Å². The smallest absolute Gasteiger partial charge is 0.224 e. The second-order valence-corrected chi connectivity index (χ2v) is 4.32. The number of benzene rings is 1. The third-order valence-electron chi connectivity index (χ3n) is 2.69. The van der Waals surface area contributed by atoms with Crippen LogP contribution in [0.1, 0.15) is 46.0 Å². The van der Waals surface area contributed by atoms with Gasteiger partial charge in [-0.2, -0.15) is 0 Å². The second-order valence-electron chi connectivity index (χ2n) is 4.32. The van der Waals surface area contributed by atoms with Gasteiger partial charge >= 0.3 is 0 Å². The normalized spacial score (nSPS) is 10.1. The SMILES string of the molecule is CCCCCCC(=O)Nc1cccc(OCC)c1. The fourth-order valence-corrected chi connectivity index (χ4v) is 1.77. The van der Waals surface area contributed by atoms with E-state index in [1.165, 1.54) is 12.8 Å². The molecule has 0 aliphatic carbocycles. The minimum Gasteiger partial charge on any atom is -0.494 e. The van der Waals surface area contributed by atoms with E-state index < -0.39 is 0 Å². The van der Waals surface area contributed by atoms with Crippen molar-refractivity contribution in [3.63, 3.8) is 0 Å². The molecule has 3 heteroatoms. The van der Waals surface area contributed by atoms with E-state index in [0.29, 0.717) is 13.0 Å². The zero-order valence-corrected chi connectivity index (χ0v) is 11.4. The van der Waals surface area contributed by atoms with Crippen LogP contribution >= 0.6 is 0 Å². The lowest BCUT2D eigenvalue weighted by Crippen LogP contribution is -2.11. The molecule has 0 unspecified atom stereocenters. The Hall–Kier alpha value is -1.51. The van der Waals surface area contributed by atoms with Crippen LogP contribution < -0.4 is 10.1 Å². The van der Waals surface area contributed by atoms with Crippen molar-refractivity contribution in [2.75, 3.05) is 11.9 Å². The second kappa shape index (κ2) is 8.56. The molecule has 18 heavy (non-hydrogen) atoms. The number of carbonyl (C=O) groups excluding carboxylic acids is 1. The Morgan fingerprint density at radius 3 is 2.78 bits per heavy atom.